The number of nitrogens with two attached hydrogens (primary N) is 1. The first kappa shape index (κ1) is 9.58. The molecule has 0 unspecified atom stereocenters. The van der Waals surface area contributed by atoms with Gasteiger partial charge in [-0.05, 0) is 17.7 Å². The number of aromatic nitrogens is 2. The molecule has 2 rings (SSSR count). The van der Waals surface area contributed by atoms with Gasteiger partial charge in [-0.1, -0.05) is 0 Å². The van der Waals surface area contributed by atoms with Crippen LogP contribution >= 0.6 is 0 Å². The lowest BCUT2D eigenvalue weighted by Gasteiger charge is -2.04. The van der Waals surface area contributed by atoms with Crippen LogP contribution < -0.4 is 10.5 Å². The number of nitrogen functional groups attached to an aromatic ring is 1. The first-order valence-electron chi connectivity index (χ1n) is 4.62. The second-order valence-corrected chi connectivity index (χ2v) is 3.40. The molecule has 0 saturated carbocycles. The molecule has 0 aliphatic rings. The molecular formula is C11H13N3O. The third kappa shape index (κ3) is 1.93. The van der Waals surface area contributed by atoms with Crippen LogP contribution in [0.5, 0.6) is 5.75 Å². The Kier molecular flexibility index (Phi) is 2.33. The second kappa shape index (κ2) is 3.65. The van der Waals surface area contributed by atoms with Crippen molar-refractivity contribution in [1.29, 1.82) is 0 Å². The van der Waals surface area contributed by atoms with Crippen LogP contribution in [-0.4, -0.2) is 16.9 Å². The molecule has 1 aromatic carbocycles. The lowest BCUT2D eigenvalue weighted by Crippen LogP contribution is -1.89. The van der Waals surface area contributed by atoms with Gasteiger partial charge in [-0.2, -0.15) is 5.10 Å². The maximum Gasteiger partial charge on any atom is 0.121 e. The highest BCUT2D eigenvalue weighted by atomic mass is 16.5. The molecule has 0 saturated heterocycles. The van der Waals surface area contributed by atoms with Gasteiger partial charge in [0.25, 0.3) is 0 Å². The molecule has 0 radical (unpaired) electrons. The standard InChI is InChI=1S/C11H13N3O/c1-14-7-9(6-13-14)8-3-10(12)5-11(4-8)15-2/h3-7H,12H2,1-2H3. The van der Waals surface area contributed by atoms with Gasteiger partial charge >= 0.3 is 0 Å². The predicted molar refractivity (Wildman–Crippen MR) is 59.6 cm³/mol. The van der Waals surface area contributed by atoms with E-state index in [9.17, 15) is 0 Å². The van der Waals surface area contributed by atoms with Gasteiger partial charge < -0.3 is 10.5 Å². The fourth-order valence-electron chi connectivity index (χ4n) is 1.48. The third-order valence-electron chi connectivity index (χ3n) is 2.20. The van der Waals surface area contributed by atoms with Gasteiger partial charge in [0.1, 0.15) is 5.75 Å². The van der Waals surface area contributed by atoms with Crippen molar-refractivity contribution in [3.05, 3.63) is 30.6 Å². The molecule has 2 N–H and O–H groups in total. The maximum absolute atomic E-state index is 5.77. The van der Waals surface area contributed by atoms with Crippen molar-refractivity contribution in [3.8, 4) is 16.9 Å². The largest absolute Gasteiger partial charge is 0.497 e. The lowest BCUT2D eigenvalue weighted by molar-refractivity contribution is 0.415. The lowest BCUT2D eigenvalue weighted by atomic mass is 10.1. The monoisotopic (exact) mass is 203 g/mol. The molecule has 0 aliphatic carbocycles. The summed E-state index contributed by atoms with van der Waals surface area (Å²) in [6.07, 6.45) is 3.74. The Morgan fingerprint density at radius 1 is 1.27 bits per heavy atom. The number of benzene rings is 1. The molecule has 1 heterocycles. The maximum atomic E-state index is 5.77. The van der Waals surface area contributed by atoms with E-state index in [1.165, 1.54) is 0 Å². The van der Waals surface area contributed by atoms with Gasteiger partial charge in [0.2, 0.25) is 0 Å². The van der Waals surface area contributed by atoms with Crippen molar-refractivity contribution in [2.75, 3.05) is 12.8 Å². The molecule has 1 aromatic heterocycles. The van der Waals surface area contributed by atoms with E-state index in [4.69, 9.17) is 10.5 Å². The fraction of sp³-hybridized carbons (Fsp3) is 0.182. The van der Waals surface area contributed by atoms with Crippen molar-refractivity contribution in [1.82, 2.24) is 9.78 Å². The average molecular weight is 203 g/mol. The fourth-order valence-corrected chi connectivity index (χ4v) is 1.48. The summed E-state index contributed by atoms with van der Waals surface area (Å²) in [6, 6.07) is 5.63. The highest BCUT2D eigenvalue weighted by Crippen LogP contribution is 2.26. The zero-order chi connectivity index (χ0) is 10.8. The Bertz CT molecular complexity index is 476. The molecule has 2 aromatic rings. The summed E-state index contributed by atoms with van der Waals surface area (Å²) >= 11 is 0. The summed E-state index contributed by atoms with van der Waals surface area (Å²) in [4.78, 5) is 0. The molecule has 4 nitrogen and oxygen atoms in total. The van der Waals surface area contributed by atoms with Crippen LogP contribution in [0.25, 0.3) is 11.1 Å². The van der Waals surface area contributed by atoms with E-state index in [0.29, 0.717) is 5.69 Å². The second-order valence-electron chi connectivity index (χ2n) is 3.40. The van der Waals surface area contributed by atoms with Gasteiger partial charge in [-0.25, -0.2) is 0 Å². The van der Waals surface area contributed by atoms with E-state index >= 15 is 0 Å². The molecule has 15 heavy (non-hydrogen) atoms. The molecule has 0 aliphatic heterocycles. The zero-order valence-corrected chi connectivity index (χ0v) is 8.77. The van der Waals surface area contributed by atoms with Crippen LogP contribution in [0.3, 0.4) is 0 Å². The van der Waals surface area contributed by atoms with Crippen molar-refractivity contribution < 1.29 is 4.74 Å². The van der Waals surface area contributed by atoms with Crippen molar-refractivity contribution in [2.45, 2.75) is 0 Å². The van der Waals surface area contributed by atoms with Crippen molar-refractivity contribution in [3.63, 3.8) is 0 Å². The SMILES string of the molecule is COc1cc(N)cc(-c2cnn(C)c2)c1. The van der Waals surface area contributed by atoms with Crippen LogP contribution in [0.15, 0.2) is 30.6 Å². The first-order valence-corrected chi connectivity index (χ1v) is 4.62. The van der Waals surface area contributed by atoms with E-state index in [0.717, 1.165) is 16.9 Å². The van der Waals surface area contributed by atoms with Crippen LogP contribution in [-0.2, 0) is 7.05 Å². The minimum absolute atomic E-state index is 0.688. The third-order valence-corrected chi connectivity index (χ3v) is 2.20. The normalized spacial score (nSPS) is 10.3. The van der Waals surface area contributed by atoms with E-state index in [2.05, 4.69) is 5.10 Å². The average Bonchev–Trinajstić information content (AvgIpc) is 2.64. The van der Waals surface area contributed by atoms with Crippen LogP contribution in [0.4, 0.5) is 5.69 Å². The van der Waals surface area contributed by atoms with Crippen molar-refractivity contribution >= 4 is 5.69 Å². The van der Waals surface area contributed by atoms with Crippen molar-refractivity contribution in [2.24, 2.45) is 7.05 Å². The molecular weight excluding hydrogens is 190 g/mol. The predicted octanol–water partition coefficient (Wildman–Crippen LogP) is 1.68. The molecule has 0 spiro atoms. The smallest absolute Gasteiger partial charge is 0.121 e. The van der Waals surface area contributed by atoms with E-state index in [1.54, 1.807) is 24.1 Å². The molecule has 78 valence electrons. The summed E-state index contributed by atoms with van der Waals surface area (Å²) in [5.41, 5.74) is 8.50. The summed E-state index contributed by atoms with van der Waals surface area (Å²) in [7, 11) is 3.51. The van der Waals surface area contributed by atoms with E-state index in [1.807, 2.05) is 25.4 Å². The van der Waals surface area contributed by atoms with Crippen LogP contribution in [0.2, 0.25) is 0 Å². The molecule has 4 heteroatoms. The minimum atomic E-state index is 0.688. The summed E-state index contributed by atoms with van der Waals surface area (Å²) in [5, 5.41) is 4.11. The number of ether oxygens (including phenoxy) is 1. The number of nitrogens with zero attached hydrogens (tertiary/aromatic N) is 2. The van der Waals surface area contributed by atoms with Gasteiger partial charge in [0, 0.05) is 30.6 Å². The van der Waals surface area contributed by atoms with Gasteiger partial charge in [0.05, 0.1) is 13.3 Å². The van der Waals surface area contributed by atoms with Gasteiger partial charge in [0.15, 0.2) is 0 Å². The van der Waals surface area contributed by atoms with Gasteiger partial charge in [-0.15, -0.1) is 0 Å². The Morgan fingerprint density at radius 2 is 2.07 bits per heavy atom. The number of hydrogen-bond acceptors (Lipinski definition) is 3. The summed E-state index contributed by atoms with van der Waals surface area (Å²) in [5.74, 6) is 0.758. The number of methoxy groups -OCH3 is 1. The quantitative estimate of drug-likeness (QED) is 0.755. The Morgan fingerprint density at radius 3 is 2.67 bits per heavy atom. The highest BCUT2D eigenvalue weighted by Gasteiger charge is 2.03. The topological polar surface area (TPSA) is 53.1 Å². The highest BCUT2D eigenvalue weighted by molar-refractivity contribution is 5.68. The van der Waals surface area contributed by atoms with Crippen LogP contribution in [0.1, 0.15) is 0 Å². The Hall–Kier alpha value is -1.97. The van der Waals surface area contributed by atoms with Crippen LogP contribution in [0, 0.1) is 0 Å². The van der Waals surface area contributed by atoms with Gasteiger partial charge in [-0.3, -0.25) is 4.68 Å². The Balaban J connectivity index is 2.48. The number of aryl methyl sites for hydroxylation is 1. The van der Waals surface area contributed by atoms with E-state index in [-0.39, 0.29) is 0 Å². The molecule has 0 amide bonds. The number of rotatable bonds is 2. The first-order chi connectivity index (χ1) is 7.19. The summed E-state index contributed by atoms with van der Waals surface area (Å²) < 4.78 is 6.91. The summed E-state index contributed by atoms with van der Waals surface area (Å²) in [6.45, 7) is 0. The molecule has 0 fully saturated rings. The number of hydrogen-bond donors (Lipinski definition) is 1. The minimum Gasteiger partial charge on any atom is -0.497 e. The molecule has 0 bridgehead atoms. The zero-order valence-electron chi connectivity index (χ0n) is 8.77. The van der Waals surface area contributed by atoms with E-state index < -0.39 is 0 Å². The number of anilines is 1. The molecule has 0 atom stereocenters. The Labute approximate surface area is 88.3 Å².